The van der Waals surface area contributed by atoms with Crippen LogP contribution in [0.1, 0.15) is 12.8 Å². The monoisotopic (exact) mass is 234 g/mol. The lowest BCUT2D eigenvalue weighted by molar-refractivity contribution is 0.305. The topological polar surface area (TPSA) is 81.0 Å². The number of furan rings is 1. The molecule has 0 bridgehead atoms. The first-order valence-corrected chi connectivity index (χ1v) is 5.36. The van der Waals surface area contributed by atoms with Gasteiger partial charge in [0.25, 0.3) is 0 Å². The second-order valence-corrected chi connectivity index (χ2v) is 3.64. The third-order valence-corrected chi connectivity index (χ3v) is 2.41. The van der Waals surface area contributed by atoms with Gasteiger partial charge >= 0.3 is 0 Å². The van der Waals surface area contributed by atoms with E-state index >= 15 is 0 Å². The molecule has 0 unspecified atom stereocenters. The second kappa shape index (κ2) is 5.25. The van der Waals surface area contributed by atoms with Crippen LogP contribution in [0.4, 0.5) is 0 Å². The highest BCUT2D eigenvalue weighted by Gasteiger charge is 2.04. The summed E-state index contributed by atoms with van der Waals surface area (Å²) in [6.45, 7) is 0.496. The number of ether oxygens (including phenoxy) is 1. The highest BCUT2D eigenvalue weighted by Crippen LogP contribution is 2.26. The van der Waals surface area contributed by atoms with Crippen LogP contribution < -0.4 is 10.5 Å². The molecule has 0 aliphatic heterocycles. The molecule has 0 fully saturated rings. The average molecular weight is 234 g/mol. The molecule has 0 spiro atoms. The Bertz CT molecular complexity index is 519. The van der Waals surface area contributed by atoms with Crippen LogP contribution in [0.2, 0.25) is 0 Å². The van der Waals surface area contributed by atoms with Crippen molar-refractivity contribution in [1.29, 1.82) is 0 Å². The normalized spacial score (nSPS) is 11.9. The van der Waals surface area contributed by atoms with Gasteiger partial charge < -0.3 is 20.1 Å². The fraction of sp³-hybridized carbons (Fsp3) is 0.250. The Morgan fingerprint density at radius 2 is 2.29 bits per heavy atom. The van der Waals surface area contributed by atoms with Gasteiger partial charge in [0, 0.05) is 11.8 Å². The first-order chi connectivity index (χ1) is 8.31. The van der Waals surface area contributed by atoms with Crippen LogP contribution in [0.25, 0.3) is 11.0 Å². The van der Waals surface area contributed by atoms with E-state index in [2.05, 4.69) is 5.16 Å². The van der Waals surface area contributed by atoms with Gasteiger partial charge in [0.15, 0.2) is 11.3 Å². The summed E-state index contributed by atoms with van der Waals surface area (Å²) in [6, 6.07) is 7.62. The zero-order chi connectivity index (χ0) is 12.1. The third kappa shape index (κ3) is 2.69. The molecule has 2 rings (SSSR count). The standard InChI is InChI=1S/C12H14N2O3/c13-11(14-15)5-2-7-16-10-4-1-3-9-6-8-17-12(9)10/h1,3-4,6,8,15H,2,5,7H2,(H2,13,14). The average Bonchev–Trinajstić information content (AvgIpc) is 2.83. The summed E-state index contributed by atoms with van der Waals surface area (Å²) in [5.74, 6) is 0.928. The molecule has 5 nitrogen and oxygen atoms in total. The van der Waals surface area contributed by atoms with Crippen LogP contribution in [0.5, 0.6) is 5.75 Å². The molecule has 3 N–H and O–H groups in total. The van der Waals surface area contributed by atoms with Crippen molar-refractivity contribution in [3.8, 4) is 5.75 Å². The molecule has 0 saturated carbocycles. The van der Waals surface area contributed by atoms with Crippen molar-refractivity contribution >= 4 is 16.8 Å². The second-order valence-electron chi connectivity index (χ2n) is 3.64. The zero-order valence-corrected chi connectivity index (χ0v) is 9.30. The molecule has 0 amide bonds. The summed E-state index contributed by atoms with van der Waals surface area (Å²) in [5.41, 5.74) is 6.10. The zero-order valence-electron chi connectivity index (χ0n) is 9.30. The molecule has 2 aromatic rings. The Morgan fingerprint density at radius 3 is 3.12 bits per heavy atom. The summed E-state index contributed by atoms with van der Waals surface area (Å²) in [5, 5.41) is 12.3. The summed E-state index contributed by atoms with van der Waals surface area (Å²) < 4.78 is 10.9. The highest BCUT2D eigenvalue weighted by atomic mass is 16.5. The predicted molar refractivity (Wildman–Crippen MR) is 64.4 cm³/mol. The van der Waals surface area contributed by atoms with E-state index < -0.39 is 0 Å². The van der Waals surface area contributed by atoms with E-state index in [1.165, 1.54) is 0 Å². The lowest BCUT2D eigenvalue weighted by Gasteiger charge is -2.05. The van der Waals surface area contributed by atoms with Crippen LogP contribution in [0, 0.1) is 0 Å². The molecule has 1 aromatic carbocycles. The molecule has 1 heterocycles. The summed E-state index contributed by atoms with van der Waals surface area (Å²) in [4.78, 5) is 0. The van der Waals surface area contributed by atoms with E-state index in [1.54, 1.807) is 6.26 Å². The van der Waals surface area contributed by atoms with Gasteiger partial charge in [-0.25, -0.2) is 0 Å². The van der Waals surface area contributed by atoms with Crippen LogP contribution >= 0.6 is 0 Å². The number of amidine groups is 1. The van der Waals surface area contributed by atoms with Gasteiger partial charge in [-0.3, -0.25) is 0 Å². The number of fused-ring (bicyclic) bond motifs is 1. The van der Waals surface area contributed by atoms with Crippen molar-refractivity contribution in [2.45, 2.75) is 12.8 Å². The first-order valence-electron chi connectivity index (χ1n) is 5.36. The Kier molecular flexibility index (Phi) is 3.49. The quantitative estimate of drug-likeness (QED) is 0.273. The molecule has 0 atom stereocenters. The van der Waals surface area contributed by atoms with E-state index in [0.717, 1.165) is 11.0 Å². The Balaban J connectivity index is 1.93. The molecule has 90 valence electrons. The number of rotatable bonds is 5. The lowest BCUT2D eigenvalue weighted by atomic mass is 10.2. The number of benzene rings is 1. The van der Waals surface area contributed by atoms with E-state index in [1.807, 2.05) is 24.3 Å². The number of nitrogens with zero attached hydrogens (tertiary/aromatic N) is 1. The Labute approximate surface area is 98.5 Å². The molecule has 0 aliphatic carbocycles. The third-order valence-electron chi connectivity index (χ3n) is 2.41. The van der Waals surface area contributed by atoms with Crippen molar-refractivity contribution in [3.63, 3.8) is 0 Å². The minimum atomic E-state index is 0.213. The smallest absolute Gasteiger partial charge is 0.175 e. The van der Waals surface area contributed by atoms with Gasteiger partial charge in [0.2, 0.25) is 0 Å². The van der Waals surface area contributed by atoms with E-state index in [9.17, 15) is 0 Å². The van der Waals surface area contributed by atoms with Crippen molar-refractivity contribution in [3.05, 3.63) is 30.5 Å². The predicted octanol–water partition coefficient (Wildman–Crippen LogP) is 2.34. The van der Waals surface area contributed by atoms with Gasteiger partial charge in [0.1, 0.15) is 5.84 Å². The van der Waals surface area contributed by atoms with Crippen molar-refractivity contribution in [1.82, 2.24) is 0 Å². The Hall–Kier alpha value is -2.17. The fourth-order valence-electron chi connectivity index (χ4n) is 1.56. The van der Waals surface area contributed by atoms with Crippen LogP contribution in [0.15, 0.2) is 40.1 Å². The number of para-hydroxylation sites is 1. The number of hydrogen-bond acceptors (Lipinski definition) is 4. The molecular weight excluding hydrogens is 220 g/mol. The van der Waals surface area contributed by atoms with Gasteiger partial charge in [-0.1, -0.05) is 17.3 Å². The molecule has 1 aromatic heterocycles. The highest BCUT2D eigenvalue weighted by molar-refractivity contribution is 5.82. The molecule has 0 aliphatic rings. The minimum absolute atomic E-state index is 0.213. The maximum atomic E-state index is 8.37. The molecule has 0 radical (unpaired) electrons. The summed E-state index contributed by atoms with van der Waals surface area (Å²) >= 11 is 0. The van der Waals surface area contributed by atoms with Crippen molar-refractivity contribution in [2.75, 3.05) is 6.61 Å². The number of nitrogens with two attached hydrogens (primary N) is 1. The van der Waals surface area contributed by atoms with Gasteiger partial charge in [0.05, 0.1) is 12.9 Å². The molecule has 17 heavy (non-hydrogen) atoms. The molecule has 5 heteroatoms. The first kappa shape index (κ1) is 11.3. The minimum Gasteiger partial charge on any atom is -0.490 e. The van der Waals surface area contributed by atoms with E-state index in [-0.39, 0.29) is 5.84 Å². The van der Waals surface area contributed by atoms with Crippen LogP contribution in [-0.2, 0) is 0 Å². The Morgan fingerprint density at radius 1 is 1.41 bits per heavy atom. The van der Waals surface area contributed by atoms with Crippen LogP contribution in [0.3, 0.4) is 0 Å². The van der Waals surface area contributed by atoms with Gasteiger partial charge in [-0.15, -0.1) is 0 Å². The van der Waals surface area contributed by atoms with Gasteiger partial charge in [-0.2, -0.15) is 0 Å². The lowest BCUT2D eigenvalue weighted by Crippen LogP contribution is -2.12. The molecular formula is C12H14N2O3. The number of oxime groups is 1. The molecule has 0 saturated heterocycles. The fourth-order valence-corrected chi connectivity index (χ4v) is 1.56. The van der Waals surface area contributed by atoms with Crippen molar-refractivity contribution < 1.29 is 14.4 Å². The largest absolute Gasteiger partial charge is 0.490 e. The summed E-state index contributed by atoms with van der Waals surface area (Å²) in [7, 11) is 0. The number of hydrogen-bond donors (Lipinski definition) is 2. The SMILES string of the molecule is NC(CCCOc1cccc2ccoc12)=NO. The maximum absolute atomic E-state index is 8.37. The maximum Gasteiger partial charge on any atom is 0.175 e. The van der Waals surface area contributed by atoms with E-state index in [4.69, 9.17) is 20.1 Å². The van der Waals surface area contributed by atoms with Gasteiger partial charge in [-0.05, 0) is 18.6 Å². The summed E-state index contributed by atoms with van der Waals surface area (Å²) in [6.07, 6.45) is 2.82. The van der Waals surface area contributed by atoms with Crippen molar-refractivity contribution in [2.24, 2.45) is 10.9 Å². The van der Waals surface area contributed by atoms with E-state index in [0.29, 0.717) is 25.2 Å². The van der Waals surface area contributed by atoms with Crippen LogP contribution in [-0.4, -0.2) is 17.6 Å².